The molecule has 100 valence electrons. The molecule has 0 saturated carbocycles. The summed E-state index contributed by atoms with van der Waals surface area (Å²) in [7, 11) is 1.78. The third-order valence-electron chi connectivity index (χ3n) is 3.87. The summed E-state index contributed by atoms with van der Waals surface area (Å²) in [4.78, 5) is 7.11. The first-order valence-corrected chi connectivity index (χ1v) is 6.91. The number of ether oxygens (including phenoxy) is 1. The normalized spacial score (nSPS) is 19.3. The second-order valence-electron chi connectivity index (χ2n) is 5.24. The Morgan fingerprint density at radius 1 is 1.37 bits per heavy atom. The van der Waals surface area contributed by atoms with Gasteiger partial charge < -0.3 is 9.64 Å². The van der Waals surface area contributed by atoms with Gasteiger partial charge in [-0.1, -0.05) is 18.2 Å². The second kappa shape index (κ2) is 5.17. The molecule has 1 aliphatic rings. The number of para-hydroxylation sites is 1. The van der Waals surface area contributed by atoms with Crippen molar-refractivity contribution in [1.29, 1.82) is 0 Å². The van der Waals surface area contributed by atoms with E-state index in [0.717, 1.165) is 24.4 Å². The molecule has 0 N–H and O–H groups in total. The molecule has 0 aliphatic carbocycles. The Morgan fingerprint density at radius 3 is 3.05 bits per heavy atom. The van der Waals surface area contributed by atoms with Crippen LogP contribution in [-0.2, 0) is 4.74 Å². The van der Waals surface area contributed by atoms with Gasteiger partial charge in [0, 0.05) is 30.4 Å². The van der Waals surface area contributed by atoms with Gasteiger partial charge in [0.15, 0.2) is 0 Å². The highest BCUT2D eigenvalue weighted by molar-refractivity contribution is 5.92. The summed E-state index contributed by atoms with van der Waals surface area (Å²) < 4.78 is 5.36. The van der Waals surface area contributed by atoms with Gasteiger partial charge in [0.1, 0.15) is 0 Å². The van der Waals surface area contributed by atoms with Crippen LogP contribution in [0.15, 0.2) is 30.3 Å². The summed E-state index contributed by atoms with van der Waals surface area (Å²) in [6, 6.07) is 11.1. The molecule has 3 heteroatoms. The van der Waals surface area contributed by atoms with Gasteiger partial charge in [0.05, 0.1) is 18.2 Å². The summed E-state index contributed by atoms with van der Waals surface area (Å²) in [6.45, 7) is 3.98. The summed E-state index contributed by atoms with van der Waals surface area (Å²) in [6.07, 6.45) is 2.45. The van der Waals surface area contributed by atoms with Crippen molar-refractivity contribution in [2.75, 3.05) is 25.2 Å². The van der Waals surface area contributed by atoms with E-state index in [1.165, 1.54) is 23.9 Å². The van der Waals surface area contributed by atoms with Gasteiger partial charge in [-0.25, -0.2) is 0 Å². The van der Waals surface area contributed by atoms with E-state index in [-0.39, 0.29) is 0 Å². The number of aromatic nitrogens is 1. The van der Waals surface area contributed by atoms with Crippen molar-refractivity contribution in [2.24, 2.45) is 0 Å². The number of benzene rings is 1. The lowest BCUT2D eigenvalue weighted by atomic mass is 10.1. The molecule has 1 aromatic carbocycles. The third-order valence-corrected chi connectivity index (χ3v) is 3.87. The zero-order valence-electron chi connectivity index (χ0n) is 11.6. The number of anilines is 1. The predicted octanol–water partition coefficient (Wildman–Crippen LogP) is 3.16. The summed E-state index contributed by atoms with van der Waals surface area (Å²) >= 11 is 0. The Hall–Kier alpha value is -1.61. The van der Waals surface area contributed by atoms with Crippen LogP contribution in [0.25, 0.3) is 10.9 Å². The third kappa shape index (κ3) is 2.30. The molecule has 3 rings (SSSR count). The summed E-state index contributed by atoms with van der Waals surface area (Å²) in [5.74, 6) is 0. The van der Waals surface area contributed by atoms with E-state index in [0.29, 0.717) is 6.04 Å². The number of pyridine rings is 1. The molecular formula is C16H20N2O. The quantitative estimate of drug-likeness (QED) is 0.843. The van der Waals surface area contributed by atoms with Crippen molar-refractivity contribution < 1.29 is 4.74 Å². The van der Waals surface area contributed by atoms with Crippen molar-refractivity contribution in [3.8, 4) is 0 Å². The van der Waals surface area contributed by atoms with Crippen LogP contribution < -0.4 is 4.90 Å². The molecule has 0 spiro atoms. The van der Waals surface area contributed by atoms with Crippen molar-refractivity contribution in [2.45, 2.75) is 25.8 Å². The number of aryl methyl sites for hydroxylation is 1. The molecule has 0 bridgehead atoms. The van der Waals surface area contributed by atoms with E-state index in [1.807, 2.05) is 0 Å². The van der Waals surface area contributed by atoms with Gasteiger partial charge in [0.25, 0.3) is 0 Å². The van der Waals surface area contributed by atoms with Gasteiger partial charge in [-0.05, 0) is 31.9 Å². The van der Waals surface area contributed by atoms with Crippen LogP contribution in [0.2, 0.25) is 0 Å². The smallest absolute Gasteiger partial charge is 0.0726 e. The van der Waals surface area contributed by atoms with Gasteiger partial charge in [0.2, 0.25) is 0 Å². The second-order valence-corrected chi connectivity index (χ2v) is 5.24. The maximum absolute atomic E-state index is 5.36. The molecule has 0 unspecified atom stereocenters. The van der Waals surface area contributed by atoms with Crippen molar-refractivity contribution in [1.82, 2.24) is 4.98 Å². The lowest BCUT2D eigenvalue weighted by molar-refractivity contribution is 0.181. The zero-order valence-corrected chi connectivity index (χ0v) is 11.6. The number of hydrogen-bond acceptors (Lipinski definition) is 3. The van der Waals surface area contributed by atoms with E-state index < -0.39 is 0 Å². The molecule has 3 nitrogen and oxygen atoms in total. The molecular weight excluding hydrogens is 236 g/mol. The Labute approximate surface area is 114 Å². The molecule has 1 saturated heterocycles. The van der Waals surface area contributed by atoms with Crippen LogP contribution in [0.1, 0.15) is 18.5 Å². The molecule has 19 heavy (non-hydrogen) atoms. The average Bonchev–Trinajstić information content (AvgIpc) is 2.86. The van der Waals surface area contributed by atoms with Gasteiger partial charge >= 0.3 is 0 Å². The number of hydrogen-bond donors (Lipinski definition) is 0. The fourth-order valence-electron chi connectivity index (χ4n) is 3.04. The minimum Gasteiger partial charge on any atom is -0.383 e. The van der Waals surface area contributed by atoms with Crippen LogP contribution in [0, 0.1) is 6.92 Å². The molecule has 0 radical (unpaired) electrons. The SMILES string of the molecule is COC[C@@H]1CCCN1c1cc(C)nc2ccccc12. The summed E-state index contributed by atoms with van der Waals surface area (Å²) in [5, 5.41) is 1.25. The molecule has 1 aliphatic heterocycles. The fourth-order valence-corrected chi connectivity index (χ4v) is 3.04. The molecule has 1 fully saturated rings. The average molecular weight is 256 g/mol. The van der Waals surface area contributed by atoms with Crippen molar-refractivity contribution in [3.63, 3.8) is 0 Å². The molecule has 2 aromatic rings. The number of fused-ring (bicyclic) bond motifs is 1. The minimum atomic E-state index is 0.496. The first kappa shape index (κ1) is 12.4. The Kier molecular flexibility index (Phi) is 3.38. The zero-order chi connectivity index (χ0) is 13.2. The van der Waals surface area contributed by atoms with E-state index in [4.69, 9.17) is 4.74 Å². The largest absolute Gasteiger partial charge is 0.383 e. The van der Waals surface area contributed by atoms with E-state index in [1.54, 1.807) is 7.11 Å². The topological polar surface area (TPSA) is 25.4 Å². The van der Waals surface area contributed by atoms with Crippen molar-refractivity contribution in [3.05, 3.63) is 36.0 Å². The summed E-state index contributed by atoms with van der Waals surface area (Å²) in [5.41, 5.74) is 3.47. The highest BCUT2D eigenvalue weighted by atomic mass is 16.5. The Bertz CT molecular complexity index is 582. The lowest BCUT2D eigenvalue weighted by Crippen LogP contribution is -2.33. The van der Waals surface area contributed by atoms with E-state index >= 15 is 0 Å². The molecule has 2 heterocycles. The van der Waals surface area contributed by atoms with Gasteiger partial charge in [-0.2, -0.15) is 0 Å². The lowest BCUT2D eigenvalue weighted by Gasteiger charge is -2.27. The molecule has 1 atom stereocenters. The highest BCUT2D eigenvalue weighted by Gasteiger charge is 2.26. The highest BCUT2D eigenvalue weighted by Crippen LogP contribution is 2.32. The van der Waals surface area contributed by atoms with Crippen LogP contribution in [0.3, 0.4) is 0 Å². The number of nitrogens with zero attached hydrogens (tertiary/aromatic N) is 2. The van der Waals surface area contributed by atoms with Gasteiger partial charge in [-0.3, -0.25) is 4.98 Å². The Morgan fingerprint density at radius 2 is 2.21 bits per heavy atom. The van der Waals surface area contributed by atoms with Gasteiger partial charge in [-0.15, -0.1) is 0 Å². The van der Waals surface area contributed by atoms with Crippen molar-refractivity contribution >= 4 is 16.6 Å². The number of rotatable bonds is 3. The monoisotopic (exact) mass is 256 g/mol. The minimum absolute atomic E-state index is 0.496. The maximum atomic E-state index is 5.36. The first-order valence-electron chi connectivity index (χ1n) is 6.91. The fraction of sp³-hybridized carbons (Fsp3) is 0.438. The maximum Gasteiger partial charge on any atom is 0.0726 e. The predicted molar refractivity (Wildman–Crippen MR) is 78.7 cm³/mol. The standard InChI is InChI=1S/C16H20N2O/c1-12-10-16(14-7-3-4-8-15(14)17-12)18-9-5-6-13(18)11-19-2/h3-4,7-8,10,13H,5-6,9,11H2,1-2H3/t13-/m0/s1. The van der Waals surface area contributed by atoms with E-state index in [2.05, 4.69) is 47.1 Å². The van der Waals surface area contributed by atoms with Crippen LogP contribution >= 0.6 is 0 Å². The molecule has 0 amide bonds. The van der Waals surface area contributed by atoms with E-state index in [9.17, 15) is 0 Å². The number of methoxy groups -OCH3 is 1. The van der Waals surface area contributed by atoms with Crippen LogP contribution in [0.4, 0.5) is 5.69 Å². The Balaban J connectivity index is 2.08. The first-order chi connectivity index (χ1) is 9.29. The molecule has 1 aromatic heterocycles. The van der Waals surface area contributed by atoms with Crippen LogP contribution in [0.5, 0.6) is 0 Å². The van der Waals surface area contributed by atoms with Crippen LogP contribution in [-0.4, -0.2) is 31.3 Å².